The monoisotopic (exact) mass is 1490 g/mol. The average molecular weight is 1490 g/mol. The fourth-order valence-electron chi connectivity index (χ4n) is 11.6. The molecule has 564 valence electrons. The topological polar surface area (TPSA) is 330 Å². The minimum Gasteiger partial charge on any atom is -0.384 e. The minimum atomic E-state index is 0.0811. The number of hydrogen-bond acceptors (Lipinski definition) is 8. The molecule has 0 aliphatic heterocycles. The molecule has 8 heterocycles. The second-order valence-corrected chi connectivity index (χ2v) is 30.5. The summed E-state index contributed by atoms with van der Waals surface area (Å²) in [5.41, 5.74) is 43.7. The summed E-state index contributed by atoms with van der Waals surface area (Å²) >= 11 is 11.7. The van der Waals surface area contributed by atoms with Crippen LogP contribution in [-0.2, 0) is 13.1 Å². The van der Waals surface area contributed by atoms with Gasteiger partial charge in [-0.25, -0.2) is 19.9 Å². The molecule has 0 saturated carbocycles. The van der Waals surface area contributed by atoms with Crippen LogP contribution in [0.3, 0.4) is 0 Å². The molecule has 0 spiro atoms. The Hall–Kier alpha value is -10.8. The number of amidine groups is 2. The van der Waals surface area contributed by atoms with E-state index in [1.807, 2.05) is 109 Å². The quantitative estimate of drug-likeness (QED) is 0.0411. The SMILES string of the molecule is CC(C)c1cc2cc(C(=N)N)ccc2[nH]1.CC(C)c1cc2cc(CN)ccc2[nH]1.CC(C)c1cc2ccc(Cl)cc2[nH]1.CC(C)c1cc2ccccc2[nH]1.CC(C)c1nc2ccc(C(=N)N)cc2[nH]1.CC(C)c1nc2ccc(CN)cc2[nH]1.CC(C)c1nc2ccc(Cl)cc2[nH]1.CC(C)c1nc2ccccc2[nH]1. The number of fused-ring (bicyclic) bond motifs is 8. The Morgan fingerprint density at radius 2 is 0.620 bits per heavy atom. The van der Waals surface area contributed by atoms with Gasteiger partial charge in [0, 0.05) is 108 Å². The number of rotatable bonds is 12. The number of benzene rings is 8. The Kier molecular flexibility index (Phi) is 28.0. The van der Waals surface area contributed by atoms with Crippen molar-refractivity contribution in [1.82, 2.24) is 59.8 Å². The molecule has 0 amide bonds. The highest BCUT2D eigenvalue weighted by Gasteiger charge is 2.13. The van der Waals surface area contributed by atoms with E-state index in [9.17, 15) is 0 Å². The highest BCUT2D eigenvalue weighted by atomic mass is 35.5. The lowest BCUT2D eigenvalue weighted by atomic mass is 10.1. The second kappa shape index (κ2) is 37.2. The van der Waals surface area contributed by atoms with Crippen molar-refractivity contribution in [2.75, 3.05) is 0 Å². The van der Waals surface area contributed by atoms with E-state index < -0.39 is 0 Å². The van der Waals surface area contributed by atoms with E-state index in [1.54, 1.807) is 0 Å². The molecule has 108 heavy (non-hydrogen) atoms. The number of nitrogens with zero attached hydrogens (tertiary/aromatic N) is 4. The van der Waals surface area contributed by atoms with Crippen LogP contribution in [0.1, 0.15) is 226 Å². The fraction of sp³-hybridized carbons (Fsp3) is 0.295. The Morgan fingerprint density at radius 1 is 0.296 bits per heavy atom. The van der Waals surface area contributed by atoms with E-state index in [1.165, 1.54) is 55.5 Å². The van der Waals surface area contributed by atoms with Crippen molar-refractivity contribution in [3.8, 4) is 0 Å². The molecular weight excluding hydrogens is 1380 g/mol. The third-order valence-electron chi connectivity index (χ3n) is 18.2. The average Bonchev–Trinajstić information content (AvgIpc) is 1.53. The van der Waals surface area contributed by atoms with Crippen LogP contribution in [0.15, 0.2) is 182 Å². The van der Waals surface area contributed by atoms with Crippen LogP contribution in [0, 0.1) is 10.8 Å². The van der Waals surface area contributed by atoms with Crippen LogP contribution in [-0.4, -0.2) is 71.5 Å². The molecule has 0 unspecified atom stereocenters. The number of nitrogens with two attached hydrogens (primary N) is 4. The van der Waals surface area contributed by atoms with Crippen molar-refractivity contribution in [3.05, 3.63) is 260 Å². The van der Waals surface area contributed by atoms with Crippen molar-refractivity contribution in [2.45, 2.75) is 171 Å². The molecule has 0 fully saturated rings. The van der Waals surface area contributed by atoms with Gasteiger partial charge in [0.2, 0.25) is 0 Å². The molecule has 20 heteroatoms. The van der Waals surface area contributed by atoms with Crippen molar-refractivity contribution in [2.24, 2.45) is 22.9 Å². The zero-order chi connectivity index (χ0) is 78.2. The summed E-state index contributed by atoms with van der Waals surface area (Å²) in [6, 6.07) is 60.6. The van der Waals surface area contributed by atoms with Crippen LogP contribution < -0.4 is 22.9 Å². The molecule has 8 aromatic carbocycles. The number of aromatic nitrogens is 12. The maximum absolute atomic E-state index is 7.37. The van der Waals surface area contributed by atoms with E-state index in [0.717, 1.165) is 111 Å². The molecule has 16 rings (SSSR count). The van der Waals surface area contributed by atoms with E-state index in [4.69, 9.17) is 57.0 Å². The summed E-state index contributed by atoms with van der Waals surface area (Å²) in [4.78, 5) is 44.4. The third-order valence-corrected chi connectivity index (χ3v) is 18.7. The first-order valence-electron chi connectivity index (χ1n) is 37.2. The largest absolute Gasteiger partial charge is 0.384 e. The van der Waals surface area contributed by atoms with Gasteiger partial charge < -0.3 is 62.8 Å². The number of H-pyrrole nitrogens is 8. The number of para-hydroxylation sites is 3. The van der Waals surface area contributed by atoms with Gasteiger partial charge in [-0.1, -0.05) is 183 Å². The number of nitrogens with one attached hydrogen (secondary N) is 10. The molecule has 0 aliphatic rings. The maximum atomic E-state index is 7.37. The van der Waals surface area contributed by atoms with E-state index >= 15 is 0 Å². The van der Waals surface area contributed by atoms with E-state index in [0.29, 0.717) is 60.4 Å². The van der Waals surface area contributed by atoms with Gasteiger partial charge in [0.1, 0.15) is 35.0 Å². The third kappa shape index (κ3) is 21.7. The summed E-state index contributed by atoms with van der Waals surface area (Å²) in [6.45, 7) is 35.5. The molecule has 0 atom stereocenters. The Morgan fingerprint density at radius 3 is 1.08 bits per heavy atom. The Balaban J connectivity index is 0.000000143. The van der Waals surface area contributed by atoms with Crippen molar-refractivity contribution in [1.29, 1.82) is 10.8 Å². The van der Waals surface area contributed by atoms with E-state index in [-0.39, 0.29) is 11.7 Å². The number of aromatic amines is 8. The Bertz CT molecular complexity index is 5190. The van der Waals surface area contributed by atoms with Gasteiger partial charge in [-0.05, 0) is 184 Å². The summed E-state index contributed by atoms with van der Waals surface area (Å²) in [6.07, 6.45) is 0. The van der Waals surface area contributed by atoms with Crippen LogP contribution >= 0.6 is 23.2 Å². The van der Waals surface area contributed by atoms with Crippen LogP contribution in [0.25, 0.3) is 87.7 Å². The van der Waals surface area contributed by atoms with Crippen molar-refractivity contribution < 1.29 is 0 Å². The molecule has 8 aromatic heterocycles. The molecule has 0 saturated heterocycles. The summed E-state index contributed by atoms with van der Waals surface area (Å²) < 4.78 is 0. The van der Waals surface area contributed by atoms with Gasteiger partial charge in [-0.2, -0.15) is 0 Å². The Labute approximate surface area is 643 Å². The highest BCUT2D eigenvalue weighted by molar-refractivity contribution is 6.31. The fourth-order valence-corrected chi connectivity index (χ4v) is 11.9. The molecule has 16 aromatic rings. The van der Waals surface area contributed by atoms with Crippen molar-refractivity contribution in [3.63, 3.8) is 0 Å². The summed E-state index contributed by atoms with van der Waals surface area (Å²) in [7, 11) is 0. The first kappa shape index (κ1) is 81.3. The molecule has 18 nitrogen and oxygen atoms in total. The number of imidazole rings is 4. The molecule has 0 aliphatic carbocycles. The number of nitrogen functional groups attached to an aromatic ring is 2. The van der Waals surface area contributed by atoms with Crippen LogP contribution in [0.5, 0.6) is 0 Å². The molecule has 0 bridgehead atoms. The summed E-state index contributed by atoms with van der Waals surface area (Å²) in [5, 5.41) is 21.2. The van der Waals surface area contributed by atoms with Gasteiger partial charge >= 0.3 is 0 Å². The molecule has 0 radical (unpaired) electrons. The van der Waals surface area contributed by atoms with Gasteiger partial charge in [0.25, 0.3) is 0 Å². The summed E-state index contributed by atoms with van der Waals surface area (Å²) in [5.74, 6) is 8.12. The maximum Gasteiger partial charge on any atom is 0.122 e. The number of hydrogen-bond donors (Lipinski definition) is 14. The lowest BCUT2D eigenvalue weighted by Crippen LogP contribution is -2.10. The van der Waals surface area contributed by atoms with Gasteiger partial charge in [-0.15, -0.1) is 0 Å². The lowest BCUT2D eigenvalue weighted by Gasteiger charge is -1.97. The molecule has 18 N–H and O–H groups in total. The minimum absolute atomic E-state index is 0.0811. The van der Waals surface area contributed by atoms with Crippen LogP contribution in [0.2, 0.25) is 10.0 Å². The van der Waals surface area contributed by atoms with E-state index in [2.05, 4.69) is 243 Å². The second-order valence-electron chi connectivity index (χ2n) is 29.7. The highest BCUT2D eigenvalue weighted by Crippen LogP contribution is 2.28. The first-order valence-corrected chi connectivity index (χ1v) is 38.0. The smallest absolute Gasteiger partial charge is 0.122 e. The van der Waals surface area contributed by atoms with Gasteiger partial charge in [0.05, 0.1) is 44.1 Å². The normalized spacial score (nSPS) is 11.3. The zero-order valence-corrected chi connectivity index (χ0v) is 66.7. The van der Waals surface area contributed by atoms with Crippen LogP contribution in [0.4, 0.5) is 0 Å². The predicted octanol–water partition coefficient (Wildman–Crippen LogP) is 22.7. The van der Waals surface area contributed by atoms with Gasteiger partial charge in [0.15, 0.2) is 0 Å². The standard InChI is InChI=1S/C12H15N3.C12H16N2.C11H12ClN.C11H14N4.C11H15N3.C11H13N.C10H11ClN2.C10H12N2/c1-7(2)11-6-9-5-8(12(13)14)3-4-10(9)15-11;1-8(2)12-6-10-5-9(7-13)3-4-11(10)14-12;1-7(2)10-5-8-3-4-9(12)6-11(8)13-10;1-6(2)11-14-8-4-3-7(10(12)13)5-9(8)15-11;1-7(2)11-13-9-4-3-8(6-12)5-10(9)14-11;1-8(2)11-7-9-5-3-4-6-10(9)12-11;1-6(2)10-12-8-4-3-7(11)5-9(8)13-10;1-7(2)10-11-8-5-3-4-6-9(8)12-10/h3-7,15H,1-2H3,(H3,13,14);3-6,8,14H,7,13H2,1-2H3;3-7,13H,1-2H3;3-6H,1-2H3,(H3,12,13)(H,14,15);3-5,7H,6,12H2,1-2H3,(H,13,14);3-8,12H,1-2H3;3-6H,1-2H3,(H,12,13);3-7H,1-2H3,(H,11,12). The lowest BCUT2D eigenvalue weighted by molar-refractivity contribution is 0.799. The first-order chi connectivity index (χ1) is 51.4. The molecular formula is C88H108Cl2N18. The predicted molar refractivity (Wildman–Crippen MR) is 458 cm³/mol. The van der Waals surface area contributed by atoms with Gasteiger partial charge in [-0.3, -0.25) is 10.8 Å². The zero-order valence-electron chi connectivity index (χ0n) is 65.2. The number of halogens is 2. The van der Waals surface area contributed by atoms with Crippen molar-refractivity contribution >= 4 is 123 Å².